The highest BCUT2D eigenvalue weighted by Gasteiger charge is 2.10. The van der Waals surface area contributed by atoms with E-state index in [2.05, 4.69) is 46.0 Å². The monoisotopic (exact) mass is 409 g/mol. The molecular formula is C20H27N9O. The Morgan fingerprint density at radius 3 is 2.53 bits per heavy atom. The summed E-state index contributed by atoms with van der Waals surface area (Å²) >= 11 is 0. The van der Waals surface area contributed by atoms with Gasteiger partial charge >= 0.3 is 0 Å². The number of carbonyl (C=O) groups excluding carboxylic acids is 1. The van der Waals surface area contributed by atoms with Gasteiger partial charge in [0.25, 0.3) is 0 Å². The maximum atomic E-state index is 12.2. The molecule has 0 saturated heterocycles. The fourth-order valence-corrected chi connectivity index (χ4v) is 2.65. The molecule has 10 nitrogen and oxygen atoms in total. The molecule has 0 radical (unpaired) electrons. The summed E-state index contributed by atoms with van der Waals surface area (Å²) in [5, 5.41) is 16.1. The van der Waals surface area contributed by atoms with E-state index < -0.39 is 0 Å². The van der Waals surface area contributed by atoms with E-state index >= 15 is 0 Å². The lowest BCUT2D eigenvalue weighted by molar-refractivity contribution is -0.115. The first-order chi connectivity index (χ1) is 14.4. The Labute approximate surface area is 175 Å². The standard InChI is InChI=1S/C20H27N9O/c1-13-5-7-15(8-6-13)24-18(30)12-16-11-17(28-27-16)25-20-23-14(2)22-19(26-20)21-9-10-29(3)4/h5-8,11H,9-10,12H2,1-4H3,(H,24,30)(H3,21,22,23,25,26,27,28). The number of likely N-dealkylation sites (N-methyl/N-ethyl adjacent to an activating group) is 1. The van der Waals surface area contributed by atoms with E-state index in [4.69, 9.17) is 0 Å². The van der Waals surface area contributed by atoms with Crippen LogP contribution in [0.1, 0.15) is 17.1 Å². The molecule has 10 heteroatoms. The normalized spacial score (nSPS) is 10.8. The van der Waals surface area contributed by atoms with Gasteiger partial charge in [-0.05, 0) is 40.1 Å². The quantitative estimate of drug-likeness (QED) is 0.424. The van der Waals surface area contributed by atoms with Crippen LogP contribution in [0.3, 0.4) is 0 Å². The van der Waals surface area contributed by atoms with E-state index in [1.54, 1.807) is 13.0 Å². The van der Waals surface area contributed by atoms with Gasteiger partial charge in [0.15, 0.2) is 5.82 Å². The van der Waals surface area contributed by atoms with Crippen molar-refractivity contribution in [2.75, 3.05) is 43.1 Å². The van der Waals surface area contributed by atoms with Crippen LogP contribution >= 0.6 is 0 Å². The molecule has 0 aliphatic carbocycles. The van der Waals surface area contributed by atoms with E-state index in [1.165, 1.54) is 0 Å². The van der Waals surface area contributed by atoms with Crippen LogP contribution in [0.25, 0.3) is 0 Å². The molecule has 3 aromatic rings. The lowest BCUT2D eigenvalue weighted by atomic mass is 10.2. The molecule has 0 aliphatic rings. The predicted molar refractivity (Wildman–Crippen MR) is 117 cm³/mol. The van der Waals surface area contributed by atoms with E-state index in [0.29, 0.717) is 29.2 Å². The van der Waals surface area contributed by atoms with Crippen molar-refractivity contribution in [3.8, 4) is 0 Å². The Bertz CT molecular complexity index is 982. The van der Waals surface area contributed by atoms with Crippen LogP contribution in [0.4, 0.5) is 23.4 Å². The van der Waals surface area contributed by atoms with E-state index in [1.807, 2.05) is 45.3 Å². The van der Waals surface area contributed by atoms with E-state index in [-0.39, 0.29) is 12.3 Å². The number of aromatic nitrogens is 5. The summed E-state index contributed by atoms with van der Waals surface area (Å²) < 4.78 is 0. The van der Waals surface area contributed by atoms with Crippen LogP contribution in [0.2, 0.25) is 0 Å². The van der Waals surface area contributed by atoms with Crippen molar-refractivity contribution in [1.29, 1.82) is 0 Å². The number of rotatable bonds is 9. The van der Waals surface area contributed by atoms with Gasteiger partial charge in [-0.15, -0.1) is 0 Å². The van der Waals surface area contributed by atoms with Crippen molar-refractivity contribution in [1.82, 2.24) is 30.0 Å². The van der Waals surface area contributed by atoms with Crippen LogP contribution in [0.5, 0.6) is 0 Å². The summed E-state index contributed by atoms with van der Waals surface area (Å²) in [6.07, 6.45) is 0.177. The molecule has 0 atom stereocenters. The number of aromatic amines is 1. The zero-order valence-electron chi connectivity index (χ0n) is 17.7. The number of H-pyrrole nitrogens is 1. The average Bonchev–Trinajstić information content (AvgIpc) is 3.09. The molecule has 1 amide bonds. The molecule has 3 rings (SSSR count). The van der Waals surface area contributed by atoms with Gasteiger partial charge in [-0.25, -0.2) is 0 Å². The Morgan fingerprint density at radius 1 is 1.07 bits per heavy atom. The minimum atomic E-state index is -0.127. The first-order valence-corrected chi connectivity index (χ1v) is 9.66. The Hall–Kier alpha value is -3.53. The van der Waals surface area contributed by atoms with Crippen LogP contribution in [0.15, 0.2) is 30.3 Å². The van der Waals surface area contributed by atoms with Crippen molar-refractivity contribution in [3.05, 3.63) is 47.4 Å². The molecule has 0 fully saturated rings. The van der Waals surface area contributed by atoms with E-state index in [0.717, 1.165) is 24.3 Å². The summed E-state index contributed by atoms with van der Waals surface area (Å²) in [6, 6.07) is 9.41. The third-order valence-corrected chi connectivity index (χ3v) is 4.15. The van der Waals surface area contributed by atoms with Gasteiger partial charge in [0, 0.05) is 30.5 Å². The molecule has 30 heavy (non-hydrogen) atoms. The molecular weight excluding hydrogens is 382 g/mol. The van der Waals surface area contributed by atoms with E-state index in [9.17, 15) is 4.79 Å². The topological polar surface area (TPSA) is 124 Å². The maximum Gasteiger partial charge on any atom is 0.233 e. The first-order valence-electron chi connectivity index (χ1n) is 9.66. The second kappa shape index (κ2) is 9.79. The fraction of sp³-hybridized carbons (Fsp3) is 0.350. The number of benzene rings is 1. The van der Waals surface area contributed by atoms with Gasteiger partial charge in [0.1, 0.15) is 5.82 Å². The number of nitrogens with zero attached hydrogens (tertiary/aromatic N) is 5. The van der Waals surface area contributed by atoms with Gasteiger partial charge < -0.3 is 20.9 Å². The summed E-state index contributed by atoms with van der Waals surface area (Å²) in [7, 11) is 4.01. The molecule has 158 valence electrons. The Balaban J connectivity index is 1.57. The van der Waals surface area contributed by atoms with Gasteiger partial charge in [0.05, 0.1) is 6.42 Å². The molecule has 2 heterocycles. The third-order valence-electron chi connectivity index (χ3n) is 4.15. The van der Waals surface area contributed by atoms with Crippen LogP contribution in [-0.4, -0.2) is 63.1 Å². The number of amides is 1. The highest BCUT2D eigenvalue weighted by Crippen LogP contribution is 2.14. The maximum absolute atomic E-state index is 12.2. The summed E-state index contributed by atoms with van der Waals surface area (Å²) in [4.78, 5) is 27.3. The zero-order valence-corrected chi connectivity index (χ0v) is 17.7. The number of carbonyl (C=O) groups is 1. The number of nitrogens with one attached hydrogen (secondary N) is 4. The molecule has 0 spiro atoms. The average molecular weight is 409 g/mol. The van der Waals surface area contributed by atoms with Crippen molar-refractivity contribution < 1.29 is 4.79 Å². The summed E-state index contributed by atoms with van der Waals surface area (Å²) in [5.41, 5.74) is 2.58. The second-order valence-electron chi connectivity index (χ2n) is 7.25. The SMILES string of the molecule is Cc1ccc(NC(=O)Cc2cc(Nc3nc(C)nc(NCCN(C)C)n3)n[nH]2)cc1. The molecule has 4 N–H and O–H groups in total. The number of hydrogen-bond donors (Lipinski definition) is 4. The summed E-state index contributed by atoms with van der Waals surface area (Å²) in [5.74, 6) is 1.88. The highest BCUT2D eigenvalue weighted by atomic mass is 16.1. The molecule has 0 aliphatic heterocycles. The van der Waals surface area contributed by atoms with Crippen LogP contribution in [-0.2, 0) is 11.2 Å². The Morgan fingerprint density at radius 2 is 1.80 bits per heavy atom. The minimum absolute atomic E-state index is 0.127. The highest BCUT2D eigenvalue weighted by molar-refractivity contribution is 5.92. The van der Waals surface area contributed by atoms with Gasteiger partial charge in [-0.1, -0.05) is 17.7 Å². The van der Waals surface area contributed by atoms with Gasteiger partial charge in [-0.2, -0.15) is 20.1 Å². The number of aryl methyl sites for hydroxylation is 2. The van der Waals surface area contributed by atoms with Crippen molar-refractivity contribution in [3.63, 3.8) is 0 Å². The largest absolute Gasteiger partial charge is 0.353 e. The number of anilines is 4. The van der Waals surface area contributed by atoms with Crippen LogP contribution < -0.4 is 16.0 Å². The lowest BCUT2D eigenvalue weighted by Gasteiger charge is -2.11. The lowest BCUT2D eigenvalue weighted by Crippen LogP contribution is -2.22. The van der Waals surface area contributed by atoms with Gasteiger partial charge in [0.2, 0.25) is 17.8 Å². The first kappa shape index (κ1) is 21.2. The van der Waals surface area contributed by atoms with Crippen molar-refractivity contribution in [2.24, 2.45) is 0 Å². The minimum Gasteiger partial charge on any atom is -0.353 e. The smallest absolute Gasteiger partial charge is 0.233 e. The number of hydrogen-bond acceptors (Lipinski definition) is 8. The molecule has 1 aromatic carbocycles. The van der Waals surface area contributed by atoms with Crippen LogP contribution in [0, 0.1) is 13.8 Å². The van der Waals surface area contributed by atoms with Gasteiger partial charge in [-0.3, -0.25) is 9.89 Å². The fourth-order valence-electron chi connectivity index (χ4n) is 2.65. The zero-order chi connectivity index (χ0) is 21.5. The Kier molecular flexibility index (Phi) is 6.91. The molecule has 0 saturated carbocycles. The second-order valence-corrected chi connectivity index (χ2v) is 7.25. The van der Waals surface area contributed by atoms with Crippen molar-refractivity contribution >= 4 is 29.3 Å². The molecule has 0 bridgehead atoms. The molecule has 2 aromatic heterocycles. The third kappa shape index (κ3) is 6.52. The summed E-state index contributed by atoms with van der Waals surface area (Å²) in [6.45, 7) is 5.39. The molecule has 0 unspecified atom stereocenters. The van der Waals surface area contributed by atoms with Crippen molar-refractivity contribution in [2.45, 2.75) is 20.3 Å². The predicted octanol–water partition coefficient (Wildman–Crippen LogP) is 2.11.